The number of carbonyl (C=O) groups excluding carboxylic acids is 1. The van der Waals surface area contributed by atoms with Gasteiger partial charge in [-0.2, -0.15) is 0 Å². The Bertz CT molecular complexity index is 199. The second-order valence-corrected chi connectivity index (χ2v) is 3.83. The van der Waals surface area contributed by atoms with Gasteiger partial charge < -0.3 is 15.2 Å². The second-order valence-electron chi connectivity index (χ2n) is 3.83. The first-order valence-corrected chi connectivity index (χ1v) is 5.39. The predicted molar refractivity (Wildman–Crippen MR) is 56.6 cm³/mol. The molecule has 1 heterocycles. The standard InChI is InChI=1S/C10H20N2O3/c1-15-10(14)8-12-5-2-3-9(7-12)11-4-6-13/h9,11,13H,2-8H2,1H3. The predicted octanol–water partition coefficient (Wildman–Crippen LogP) is -0.794. The van der Waals surface area contributed by atoms with Crippen molar-refractivity contribution in [2.75, 3.05) is 39.9 Å². The SMILES string of the molecule is COC(=O)CN1CCCC(NCCO)C1. The van der Waals surface area contributed by atoms with Gasteiger partial charge in [0.15, 0.2) is 0 Å². The van der Waals surface area contributed by atoms with Gasteiger partial charge in [0.1, 0.15) is 0 Å². The zero-order valence-corrected chi connectivity index (χ0v) is 9.24. The van der Waals surface area contributed by atoms with E-state index < -0.39 is 0 Å². The van der Waals surface area contributed by atoms with Gasteiger partial charge in [0.2, 0.25) is 0 Å². The fourth-order valence-corrected chi connectivity index (χ4v) is 1.88. The summed E-state index contributed by atoms with van der Waals surface area (Å²) in [6, 6.07) is 0.385. The number of carbonyl (C=O) groups is 1. The van der Waals surface area contributed by atoms with Crippen LogP contribution >= 0.6 is 0 Å². The van der Waals surface area contributed by atoms with Crippen molar-refractivity contribution >= 4 is 5.97 Å². The third-order valence-electron chi connectivity index (χ3n) is 2.63. The van der Waals surface area contributed by atoms with Crippen molar-refractivity contribution in [3.05, 3.63) is 0 Å². The molecule has 5 nitrogen and oxygen atoms in total. The summed E-state index contributed by atoms with van der Waals surface area (Å²) in [5.74, 6) is -0.183. The van der Waals surface area contributed by atoms with Crippen molar-refractivity contribution in [1.82, 2.24) is 10.2 Å². The molecule has 0 aromatic rings. The molecule has 15 heavy (non-hydrogen) atoms. The van der Waals surface area contributed by atoms with Gasteiger partial charge in [0, 0.05) is 19.1 Å². The summed E-state index contributed by atoms with van der Waals surface area (Å²) in [4.78, 5) is 13.2. The Balaban J connectivity index is 2.25. The van der Waals surface area contributed by atoms with Crippen LogP contribution in [-0.4, -0.2) is 61.9 Å². The number of aliphatic hydroxyl groups excluding tert-OH is 1. The highest BCUT2D eigenvalue weighted by molar-refractivity contribution is 5.71. The third-order valence-corrected chi connectivity index (χ3v) is 2.63. The van der Waals surface area contributed by atoms with E-state index in [0.717, 1.165) is 25.9 Å². The summed E-state index contributed by atoms with van der Waals surface area (Å²) < 4.78 is 4.63. The molecule has 2 N–H and O–H groups in total. The van der Waals surface area contributed by atoms with Crippen LogP contribution in [0, 0.1) is 0 Å². The highest BCUT2D eigenvalue weighted by atomic mass is 16.5. The Kier molecular flexibility index (Phi) is 5.60. The average Bonchev–Trinajstić information content (AvgIpc) is 2.26. The zero-order valence-electron chi connectivity index (χ0n) is 9.24. The molecular weight excluding hydrogens is 196 g/mol. The molecule has 0 bridgehead atoms. The molecule has 1 aliphatic rings. The maximum Gasteiger partial charge on any atom is 0.319 e. The Morgan fingerprint density at radius 1 is 1.67 bits per heavy atom. The van der Waals surface area contributed by atoms with Crippen LogP contribution in [0.2, 0.25) is 0 Å². The van der Waals surface area contributed by atoms with Gasteiger partial charge in [-0.25, -0.2) is 0 Å². The topological polar surface area (TPSA) is 61.8 Å². The van der Waals surface area contributed by atoms with E-state index in [1.807, 2.05) is 0 Å². The van der Waals surface area contributed by atoms with Crippen molar-refractivity contribution in [3.63, 3.8) is 0 Å². The van der Waals surface area contributed by atoms with Gasteiger partial charge in [-0.3, -0.25) is 9.69 Å². The van der Waals surface area contributed by atoms with E-state index in [4.69, 9.17) is 5.11 Å². The summed E-state index contributed by atoms with van der Waals surface area (Å²) in [5.41, 5.74) is 0. The van der Waals surface area contributed by atoms with E-state index in [2.05, 4.69) is 15.0 Å². The molecule has 88 valence electrons. The van der Waals surface area contributed by atoms with Crippen LogP contribution in [-0.2, 0) is 9.53 Å². The first-order chi connectivity index (χ1) is 7.26. The van der Waals surface area contributed by atoms with E-state index in [1.165, 1.54) is 7.11 Å². The summed E-state index contributed by atoms with van der Waals surface area (Å²) in [6.45, 7) is 2.96. The minimum Gasteiger partial charge on any atom is -0.468 e. The quantitative estimate of drug-likeness (QED) is 0.590. The van der Waals surface area contributed by atoms with Crippen LogP contribution in [0.1, 0.15) is 12.8 Å². The summed E-state index contributed by atoms with van der Waals surface area (Å²) in [5, 5.41) is 11.9. The minimum atomic E-state index is -0.183. The number of nitrogens with zero attached hydrogens (tertiary/aromatic N) is 1. The highest BCUT2D eigenvalue weighted by Crippen LogP contribution is 2.09. The number of methoxy groups -OCH3 is 1. The van der Waals surface area contributed by atoms with E-state index >= 15 is 0 Å². The Morgan fingerprint density at radius 2 is 2.47 bits per heavy atom. The normalized spacial score (nSPS) is 22.7. The van der Waals surface area contributed by atoms with Crippen molar-refractivity contribution < 1.29 is 14.6 Å². The number of likely N-dealkylation sites (tertiary alicyclic amines) is 1. The van der Waals surface area contributed by atoms with Gasteiger partial charge >= 0.3 is 5.97 Å². The van der Waals surface area contributed by atoms with Crippen molar-refractivity contribution in [1.29, 1.82) is 0 Å². The van der Waals surface area contributed by atoms with Crippen LogP contribution in [0.4, 0.5) is 0 Å². The van der Waals surface area contributed by atoms with Gasteiger partial charge in [-0.05, 0) is 19.4 Å². The van der Waals surface area contributed by atoms with E-state index in [0.29, 0.717) is 19.1 Å². The molecule has 1 aliphatic heterocycles. The molecule has 1 rings (SSSR count). The zero-order chi connectivity index (χ0) is 11.1. The fraction of sp³-hybridized carbons (Fsp3) is 0.900. The van der Waals surface area contributed by atoms with Crippen molar-refractivity contribution in [3.8, 4) is 0 Å². The number of hydrogen-bond donors (Lipinski definition) is 2. The highest BCUT2D eigenvalue weighted by Gasteiger charge is 2.20. The number of ether oxygens (including phenoxy) is 1. The van der Waals surface area contributed by atoms with Gasteiger partial charge in [0.05, 0.1) is 20.3 Å². The lowest BCUT2D eigenvalue weighted by molar-refractivity contribution is -0.142. The number of esters is 1. The van der Waals surface area contributed by atoms with Crippen LogP contribution < -0.4 is 5.32 Å². The molecule has 0 aliphatic carbocycles. The molecule has 1 fully saturated rings. The third kappa shape index (κ3) is 4.59. The second kappa shape index (κ2) is 6.76. The maximum atomic E-state index is 11.1. The average molecular weight is 216 g/mol. The molecule has 0 aromatic heterocycles. The molecule has 0 aromatic carbocycles. The lowest BCUT2D eigenvalue weighted by Crippen LogP contribution is -2.47. The van der Waals surface area contributed by atoms with Gasteiger partial charge in [-0.1, -0.05) is 0 Å². The minimum absolute atomic E-state index is 0.160. The number of piperidine rings is 1. The number of rotatable bonds is 5. The van der Waals surface area contributed by atoms with Gasteiger partial charge in [-0.15, -0.1) is 0 Å². The molecule has 0 radical (unpaired) electrons. The molecule has 0 spiro atoms. The number of aliphatic hydroxyl groups is 1. The monoisotopic (exact) mass is 216 g/mol. The van der Waals surface area contributed by atoms with E-state index in [1.54, 1.807) is 0 Å². The number of hydrogen-bond acceptors (Lipinski definition) is 5. The molecule has 1 atom stereocenters. The van der Waals surface area contributed by atoms with Gasteiger partial charge in [0.25, 0.3) is 0 Å². The Morgan fingerprint density at radius 3 is 3.13 bits per heavy atom. The van der Waals surface area contributed by atoms with E-state index in [9.17, 15) is 4.79 Å². The Labute approximate surface area is 90.4 Å². The molecule has 1 saturated heterocycles. The summed E-state index contributed by atoms with van der Waals surface area (Å²) >= 11 is 0. The molecule has 0 amide bonds. The lowest BCUT2D eigenvalue weighted by atomic mass is 10.1. The van der Waals surface area contributed by atoms with Crippen LogP contribution in [0.15, 0.2) is 0 Å². The smallest absolute Gasteiger partial charge is 0.319 e. The fourth-order valence-electron chi connectivity index (χ4n) is 1.88. The number of nitrogens with one attached hydrogen (secondary N) is 1. The summed E-state index contributed by atoms with van der Waals surface area (Å²) in [7, 11) is 1.41. The van der Waals surface area contributed by atoms with Crippen molar-refractivity contribution in [2.45, 2.75) is 18.9 Å². The van der Waals surface area contributed by atoms with Crippen molar-refractivity contribution in [2.24, 2.45) is 0 Å². The van der Waals surface area contributed by atoms with Crippen LogP contribution in [0.5, 0.6) is 0 Å². The summed E-state index contributed by atoms with van der Waals surface area (Å²) in [6.07, 6.45) is 2.19. The lowest BCUT2D eigenvalue weighted by Gasteiger charge is -2.32. The largest absolute Gasteiger partial charge is 0.468 e. The molecule has 0 saturated carbocycles. The Hall–Kier alpha value is -0.650. The molecular formula is C10H20N2O3. The molecule has 1 unspecified atom stereocenters. The first kappa shape index (κ1) is 12.4. The first-order valence-electron chi connectivity index (χ1n) is 5.39. The van der Waals surface area contributed by atoms with Crippen LogP contribution in [0.25, 0.3) is 0 Å². The van der Waals surface area contributed by atoms with E-state index in [-0.39, 0.29) is 12.6 Å². The molecule has 5 heteroatoms. The maximum absolute atomic E-state index is 11.1. The van der Waals surface area contributed by atoms with Crippen LogP contribution in [0.3, 0.4) is 0 Å².